The fourth-order valence-corrected chi connectivity index (χ4v) is 1.80. The smallest absolute Gasteiger partial charge is 0.303 e. The first-order valence-corrected chi connectivity index (χ1v) is 5.82. The Morgan fingerprint density at radius 3 is 2.65 bits per heavy atom. The summed E-state index contributed by atoms with van der Waals surface area (Å²) in [5.74, 6) is -0.0249. The van der Waals surface area contributed by atoms with Crippen LogP contribution in [0.4, 0.5) is 0 Å². The van der Waals surface area contributed by atoms with Gasteiger partial charge in [-0.25, -0.2) is 0 Å². The Bertz CT molecular complexity index is 353. The van der Waals surface area contributed by atoms with Crippen molar-refractivity contribution in [3.8, 4) is 0 Å². The highest BCUT2D eigenvalue weighted by Crippen LogP contribution is 2.16. The molecule has 5 nitrogen and oxygen atoms in total. The highest BCUT2D eigenvalue weighted by molar-refractivity contribution is 5.66. The molecular formula is C12H19NO4. The lowest BCUT2D eigenvalue weighted by atomic mass is 10.0. The van der Waals surface area contributed by atoms with Crippen molar-refractivity contribution in [2.24, 2.45) is 0 Å². The molecular weight excluding hydrogens is 222 g/mol. The second-order valence-electron chi connectivity index (χ2n) is 4.28. The Labute approximate surface area is 100 Å². The number of carbonyl (C=O) groups is 1. The Morgan fingerprint density at radius 1 is 1.41 bits per heavy atom. The number of hydrogen-bond acceptors (Lipinski definition) is 4. The minimum Gasteiger partial charge on any atom is -0.481 e. The number of aryl methyl sites for hydroxylation is 2. The van der Waals surface area contributed by atoms with Gasteiger partial charge < -0.3 is 14.7 Å². The van der Waals surface area contributed by atoms with E-state index in [0.29, 0.717) is 19.3 Å². The van der Waals surface area contributed by atoms with Crippen LogP contribution in [0.3, 0.4) is 0 Å². The zero-order chi connectivity index (χ0) is 12.8. The minimum absolute atomic E-state index is 0.113. The van der Waals surface area contributed by atoms with E-state index in [2.05, 4.69) is 5.16 Å². The number of rotatable bonds is 7. The monoisotopic (exact) mass is 241 g/mol. The predicted molar refractivity (Wildman–Crippen MR) is 61.8 cm³/mol. The maximum atomic E-state index is 10.3. The molecule has 96 valence electrons. The van der Waals surface area contributed by atoms with Crippen molar-refractivity contribution in [3.05, 3.63) is 17.0 Å². The molecule has 1 aromatic heterocycles. The van der Waals surface area contributed by atoms with E-state index in [1.165, 1.54) is 0 Å². The van der Waals surface area contributed by atoms with Crippen LogP contribution in [0.15, 0.2) is 4.52 Å². The molecule has 0 bridgehead atoms. The van der Waals surface area contributed by atoms with Crippen molar-refractivity contribution in [2.75, 3.05) is 0 Å². The molecule has 5 heteroatoms. The zero-order valence-corrected chi connectivity index (χ0v) is 10.3. The topological polar surface area (TPSA) is 83.6 Å². The third-order valence-electron chi connectivity index (χ3n) is 2.84. The lowest BCUT2D eigenvalue weighted by Gasteiger charge is -2.09. The van der Waals surface area contributed by atoms with Gasteiger partial charge in [-0.2, -0.15) is 0 Å². The third-order valence-corrected chi connectivity index (χ3v) is 2.84. The summed E-state index contributed by atoms with van der Waals surface area (Å²) >= 11 is 0. The Kier molecular flexibility index (Phi) is 5.15. The van der Waals surface area contributed by atoms with Crippen molar-refractivity contribution in [2.45, 2.75) is 52.1 Å². The van der Waals surface area contributed by atoms with Gasteiger partial charge in [0.05, 0.1) is 11.8 Å². The van der Waals surface area contributed by atoms with Crippen molar-refractivity contribution >= 4 is 5.97 Å². The van der Waals surface area contributed by atoms with Gasteiger partial charge in [0.15, 0.2) is 0 Å². The molecule has 0 fully saturated rings. The number of carboxylic acid groups (broad SMARTS) is 1. The number of aliphatic hydroxyl groups is 1. The van der Waals surface area contributed by atoms with Gasteiger partial charge in [-0.3, -0.25) is 4.79 Å². The Balaban J connectivity index is 2.28. The van der Waals surface area contributed by atoms with Crippen LogP contribution in [-0.4, -0.2) is 27.4 Å². The standard InChI is InChI=1S/C12H19NO4/c1-8-11(9(2)17-13-8)7-6-10(14)4-3-5-12(15)16/h10,14H,3-7H2,1-2H3,(H,15,16). The summed E-state index contributed by atoms with van der Waals surface area (Å²) in [5.41, 5.74) is 1.91. The molecule has 0 amide bonds. The second kappa shape index (κ2) is 6.39. The fourth-order valence-electron chi connectivity index (χ4n) is 1.80. The van der Waals surface area contributed by atoms with E-state index >= 15 is 0 Å². The van der Waals surface area contributed by atoms with Crippen LogP contribution in [0.2, 0.25) is 0 Å². The van der Waals surface area contributed by atoms with Crippen molar-refractivity contribution in [1.29, 1.82) is 0 Å². The molecule has 17 heavy (non-hydrogen) atoms. The van der Waals surface area contributed by atoms with E-state index < -0.39 is 12.1 Å². The summed E-state index contributed by atoms with van der Waals surface area (Å²) in [6.07, 6.45) is 2.02. The summed E-state index contributed by atoms with van der Waals surface area (Å²) in [6.45, 7) is 3.73. The van der Waals surface area contributed by atoms with Gasteiger partial charge in [-0.15, -0.1) is 0 Å². The first-order valence-electron chi connectivity index (χ1n) is 5.82. The first kappa shape index (κ1) is 13.7. The van der Waals surface area contributed by atoms with Gasteiger partial charge in [-0.1, -0.05) is 5.16 Å². The van der Waals surface area contributed by atoms with Crippen molar-refractivity contribution in [1.82, 2.24) is 5.16 Å². The molecule has 0 aliphatic heterocycles. The summed E-state index contributed by atoms with van der Waals surface area (Å²) in [5, 5.41) is 22.0. The van der Waals surface area contributed by atoms with Crippen LogP contribution in [0.5, 0.6) is 0 Å². The summed E-state index contributed by atoms with van der Waals surface area (Å²) in [4.78, 5) is 10.3. The van der Waals surface area contributed by atoms with Crippen LogP contribution < -0.4 is 0 Å². The summed E-state index contributed by atoms with van der Waals surface area (Å²) in [7, 11) is 0. The van der Waals surface area contributed by atoms with Crippen molar-refractivity contribution in [3.63, 3.8) is 0 Å². The molecule has 1 rings (SSSR count). The van der Waals surface area contributed by atoms with Gasteiger partial charge in [0, 0.05) is 12.0 Å². The quantitative estimate of drug-likeness (QED) is 0.761. The van der Waals surface area contributed by atoms with E-state index in [1.54, 1.807) is 0 Å². The lowest BCUT2D eigenvalue weighted by Crippen LogP contribution is -2.09. The molecule has 0 radical (unpaired) electrons. The highest BCUT2D eigenvalue weighted by Gasteiger charge is 2.12. The highest BCUT2D eigenvalue weighted by atomic mass is 16.5. The van der Waals surface area contributed by atoms with E-state index in [1.807, 2.05) is 13.8 Å². The molecule has 0 aliphatic carbocycles. The van der Waals surface area contributed by atoms with Gasteiger partial charge >= 0.3 is 5.97 Å². The number of aliphatic carboxylic acids is 1. The first-order chi connectivity index (χ1) is 8.00. The van der Waals surface area contributed by atoms with Crippen LogP contribution >= 0.6 is 0 Å². The molecule has 0 saturated carbocycles. The SMILES string of the molecule is Cc1noc(C)c1CCC(O)CCCC(=O)O. The van der Waals surface area contributed by atoms with E-state index in [4.69, 9.17) is 9.63 Å². The average Bonchev–Trinajstić information content (AvgIpc) is 2.55. The van der Waals surface area contributed by atoms with Crippen LogP contribution in [0.1, 0.15) is 42.7 Å². The van der Waals surface area contributed by atoms with Crippen LogP contribution in [0, 0.1) is 13.8 Å². The maximum absolute atomic E-state index is 10.3. The van der Waals surface area contributed by atoms with Crippen LogP contribution in [-0.2, 0) is 11.2 Å². The molecule has 0 spiro atoms. The van der Waals surface area contributed by atoms with Gasteiger partial charge in [0.2, 0.25) is 0 Å². The molecule has 0 aliphatic rings. The number of aromatic nitrogens is 1. The van der Waals surface area contributed by atoms with Gasteiger partial charge in [-0.05, 0) is 39.5 Å². The molecule has 0 saturated heterocycles. The fraction of sp³-hybridized carbons (Fsp3) is 0.667. The Hall–Kier alpha value is -1.36. The minimum atomic E-state index is -0.817. The number of aliphatic hydroxyl groups excluding tert-OH is 1. The molecule has 0 aromatic carbocycles. The number of nitrogens with zero attached hydrogens (tertiary/aromatic N) is 1. The van der Waals surface area contributed by atoms with Crippen molar-refractivity contribution < 1.29 is 19.5 Å². The number of carboxylic acids is 1. The summed E-state index contributed by atoms with van der Waals surface area (Å²) in [6, 6.07) is 0. The number of hydrogen-bond donors (Lipinski definition) is 2. The lowest BCUT2D eigenvalue weighted by molar-refractivity contribution is -0.137. The van der Waals surface area contributed by atoms with Gasteiger partial charge in [0.1, 0.15) is 5.76 Å². The average molecular weight is 241 g/mol. The molecule has 1 aromatic rings. The van der Waals surface area contributed by atoms with E-state index in [0.717, 1.165) is 23.4 Å². The van der Waals surface area contributed by atoms with E-state index in [-0.39, 0.29) is 6.42 Å². The largest absolute Gasteiger partial charge is 0.481 e. The predicted octanol–water partition coefficient (Wildman–Crippen LogP) is 1.84. The maximum Gasteiger partial charge on any atom is 0.303 e. The van der Waals surface area contributed by atoms with Gasteiger partial charge in [0.25, 0.3) is 0 Å². The van der Waals surface area contributed by atoms with E-state index in [9.17, 15) is 9.90 Å². The molecule has 1 unspecified atom stereocenters. The molecule has 1 heterocycles. The zero-order valence-electron chi connectivity index (χ0n) is 10.3. The normalized spacial score (nSPS) is 12.6. The third kappa shape index (κ3) is 4.56. The summed E-state index contributed by atoms with van der Waals surface area (Å²) < 4.78 is 5.03. The Morgan fingerprint density at radius 2 is 2.12 bits per heavy atom. The second-order valence-corrected chi connectivity index (χ2v) is 4.28. The molecule has 2 N–H and O–H groups in total. The molecule has 1 atom stereocenters. The van der Waals surface area contributed by atoms with Crippen LogP contribution in [0.25, 0.3) is 0 Å².